The van der Waals surface area contributed by atoms with Crippen LogP contribution in [0, 0.1) is 0 Å². The molecule has 0 spiro atoms. The molecular weight excluding hydrogens is 220 g/mol. The van der Waals surface area contributed by atoms with Gasteiger partial charge in [-0.1, -0.05) is 11.6 Å². The predicted molar refractivity (Wildman–Crippen MR) is 65.8 cm³/mol. The first-order valence-corrected chi connectivity index (χ1v) is 6.39. The molecule has 3 rings (SSSR count). The fourth-order valence-corrected chi connectivity index (χ4v) is 2.96. The van der Waals surface area contributed by atoms with Crippen LogP contribution in [0.25, 0.3) is 11.0 Å². The fraction of sp³-hybridized carbons (Fsp3) is 0.462. The average Bonchev–Trinajstić information content (AvgIpc) is 2.61. The molecule has 2 heterocycles. The number of aromatic nitrogens is 2. The Hall–Kier alpha value is -1.02. The van der Waals surface area contributed by atoms with Crippen LogP contribution in [0.3, 0.4) is 0 Å². The summed E-state index contributed by atoms with van der Waals surface area (Å²) >= 11 is 6.09. The average molecular weight is 236 g/mol. The second-order valence-corrected chi connectivity index (χ2v) is 4.84. The van der Waals surface area contributed by atoms with Gasteiger partial charge < -0.3 is 0 Å². The third-order valence-electron chi connectivity index (χ3n) is 3.49. The van der Waals surface area contributed by atoms with Crippen molar-refractivity contribution in [1.29, 1.82) is 0 Å². The van der Waals surface area contributed by atoms with E-state index in [9.17, 15) is 0 Å². The highest BCUT2D eigenvalue weighted by atomic mass is 35.5. The van der Waals surface area contributed by atoms with Crippen molar-refractivity contribution in [2.45, 2.75) is 39.3 Å². The van der Waals surface area contributed by atoms with E-state index >= 15 is 0 Å². The normalized spacial score (nSPS) is 15.4. The summed E-state index contributed by atoms with van der Waals surface area (Å²) in [5.41, 5.74) is 2.62. The Morgan fingerprint density at radius 3 is 3.06 bits per heavy atom. The maximum absolute atomic E-state index is 6.09. The zero-order valence-corrected chi connectivity index (χ0v) is 10.3. The largest absolute Gasteiger partial charge is 0.257 e. The molecule has 1 aromatic carbocycles. The van der Waals surface area contributed by atoms with Gasteiger partial charge in [-0.05, 0) is 31.9 Å². The highest BCUT2D eigenvalue weighted by Crippen LogP contribution is 2.22. The standard InChI is InChI=1S/C13H16ClN2/c1-2-15-12-9-10(14)6-7-11(12)16-8-4-3-5-13(15)16/h6-7,9H,2-5,8H2,1H3/q+1. The van der Waals surface area contributed by atoms with Gasteiger partial charge in [-0.3, -0.25) is 0 Å². The Labute approximate surface area is 100 Å². The van der Waals surface area contributed by atoms with Crippen LogP contribution in [0.2, 0.25) is 5.02 Å². The molecule has 0 aliphatic carbocycles. The maximum atomic E-state index is 6.09. The maximum Gasteiger partial charge on any atom is 0.257 e. The van der Waals surface area contributed by atoms with E-state index in [1.807, 2.05) is 6.07 Å². The van der Waals surface area contributed by atoms with Gasteiger partial charge in [-0.2, -0.15) is 0 Å². The molecule has 0 unspecified atom stereocenters. The molecule has 0 amide bonds. The lowest BCUT2D eigenvalue weighted by molar-refractivity contribution is -0.685. The Morgan fingerprint density at radius 1 is 1.38 bits per heavy atom. The summed E-state index contributed by atoms with van der Waals surface area (Å²) in [4.78, 5) is 0. The molecule has 0 saturated carbocycles. The summed E-state index contributed by atoms with van der Waals surface area (Å²) in [6, 6.07) is 6.23. The van der Waals surface area contributed by atoms with Crippen LogP contribution in [0.15, 0.2) is 18.2 Å². The van der Waals surface area contributed by atoms with E-state index in [0.29, 0.717) is 0 Å². The van der Waals surface area contributed by atoms with Crippen LogP contribution >= 0.6 is 11.6 Å². The van der Waals surface area contributed by atoms with E-state index in [-0.39, 0.29) is 0 Å². The summed E-state index contributed by atoms with van der Waals surface area (Å²) in [5.74, 6) is 1.46. The van der Waals surface area contributed by atoms with Gasteiger partial charge in [-0.25, -0.2) is 9.13 Å². The molecule has 0 saturated heterocycles. The number of rotatable bonds is 1. The first kappa shape index (κ1) is 10.2. The Kier molecular flexibility index (Phi) is 2.40. The van der Waals surface area contributed by atoms with Crippen molar-refractivity contribution in [3.63, 3.8) is 0 Å². The van der Waals surface area contributed by atoms with Crippen LogP contribution in [-0.4, -0.2) is 4.57 Å². The smallest absolute Gasteiger partial charge is 0.227 e. The van der Waals surface area contributed by atoms with Crippen LogP contribution < -0.4 is 4.57 Å². The lowest BCUT2D eigenvalue weighted by Crippen LogP contribution is -2.41. The van der Waals surface area contributed by atoms with Gasteiger partial charge in [0.2, 0.25) is 0 Å². The molecule has 1 aromatic heterocycles. The summed E-state index contributed by atoms with van der Waals surface area (Å²) in [5, 5.41) is 0.831. The molecule has 2 nitrogen and oxygen atoms in total. The molecular formula is C13H16ClN2+. The van der Waals surface area contributed by atoms with Gasteiger partial charge in [0, 0.05) is 17.5 Å². The monoisotopic (exact) mass is 235 g/mol. The minimum absolute atomic E-state index is 0.831. The van der Waals surface area contributed by atoms with Crippen LogP contribution in [0.4, 0.5) is 0 Å². The molecule has 1 aliphatic rings. The second-order valence-electron chi connectivity index (χ2n) is 4.40. The molecule has 0 radical (unpaired) electrons. The van der Waals surface area contributed by atoms with Crippen molar-refractivity contribution in [2.24, 2.45) is 0 Å². The topological polar surface area (TPSA) is 8.81 Å². The van der Waals surface area contributed by atoms with Gasteiger partial charge >= 0.3 is 0 Å². The molecule has 2 aromatic rings. The lowest BCUT2D eigenvalue weighted by atomic mass is 10.1. The minimum Gasteiger partial charge on any atom is -0.227 e. The highest BCUT2D eigenvalue weighted by molar-refractivity contribution is 6.31. The minimum atomic E-state index is 0.831. The lowest BCUT2D eigenvalue weighted by Gasteiger charge is -2.08. The number of halogens is 1. The van der Waals surface area contributed by atoms with Crippen molar-refractivity contribution in [1.82, 2.24) is 4.57 Å². The molecule has 16 heavy (non-hydrogen) atoms. The summed E-state index contributed by atoms with van der Waals surface area (Å²) < 4.78 is 4.86. The molecule has 0 fully saturated rings. The molecule has 0 atom stereocenters. The molecule has 3 heteroatoms. The SMILES string of the molecule is CCn1c2[n+](c3ccc(Cl)cc31)CCCC2. The van der Waals surface area contributed by atoms with Gasteiger partial charge in [0.1, 0.15) is 0 Å². The number of aryl methyl sites for hydroxylation is 2. The Morgan fingerprint density at radius 2 is 2.25 bits per heavy atom. The Balaban J connectivity index is 2.37. The van der Waals surface area contributed by atoms with Crippen molar-refractivity contribution < 1.29 is 4.57 Å². The summed E-state index contributed by atoms with van der Waals surface area (Å²) in [7, 11) is 0. The molecule has 84 valence electrons. The number of hydrogen-bond donors (Lipinski definition) is 0. The van der Waals surface area contributed by atoms with E-state index < -0.39 is 0 Å². The third kappa shape index (κ3) is 1.36. The zero-order valence-electron chi connectivity index (χ0n) is 9.54. The number of imidazole rings is 1. The van der Waals surface area contributed by atoms with E-state index in [4.69, 9.17) is 11.6 Å². The van der Waals surface area contributed by atoms with Crippen LogP contribution in [0.1, 0.15) is 25.6 Å². The number of benzene rings is 1. The van der Waals surface area contributed by atoms with Gasteiger partial charge in [0.05, 0.1) is 13.1 Å². The highest BCUT2D eigenvalue weighted by Gasteiger charge is 2.26. The molecule has 0 bridgehead atoms. The fourth-order valence-electron chi connectivity index (χ4n) is 2.79. The third-order valence-corrected chi connectivity index (χ3v) is 3.73. The van der Waals surface area contributed by atoms with E-state index in [1.165, 1.54) is 36.1 Å². The number of hydrogen-bond acceptors (Lipinski definition) is 0. The van der Waals surface area contributed by atoms with Crippen LogP contribution in [0.5, 0.6) is 0 Å². The molecule has 1 aliphatic heterocycles. The summed E-state index contributed by atoms with van der Waals surface area (Å²) in [6.07, 6.45) is 3.80. The first-order chi connectivity index (χ1) is 7.81. The van der Waals surface area contributed by atoms with Crippen molar-refractivity contribution in [3.8, 4) is 0 Å². The summed E-state index contributed by atoms with van der Waals surface area (Å²) in [6.45, 7) is 4.38. The molecule has 0 N–H and O–H groups in total. The van der Waals surface area contributed by atoms with Gasteiger partial charge in [0.15, 0.2) is 11.0 Å². The predicted octanol–water partition coefficient (Wildman–Crippen LogP) is 2.94. The Bertz CT molecular complexity index is 542. The van der Waals surface area contributed by atoms with Crippen molar-refractivity contribution in [3.05, 3.63) is 29.0 Å². The first-order valence-electron chi connectivity index (χ1n) is 6.01. The zero-order chi connectivity index (χ0) is 11.1. The van der Waals surface area contributed by atoms with Crippen molar-refractivity contribution >= 4 is 22.6 Å². The van der Waals surface area contributed by atoms with Crippen molar-refractivity contribution in [2.75, 3.05) is 0 Å². The van der Waals surface area contributed by atoms with E-state index in [2.05, 4.69) is 28.2 Å². The quantitative estimate of drug-likeness (QED) is 0.672. The van der Waals surface area contributed by atoms with Gasteiger partial charge in [-0.15, -0.1) is 0 Å². The number of fused-ring (bicyclic) bond motifs is 3. The van der Waals surface area contributed by atoms with E-state index in [0.717, 1.165) is 18.1 Å². The van der Waals surface area contributed by atoms with Gasteiger partial charge in [0.25, 0.3) is 5.82 Å². The van der Waals surface area contributed by atoms with E-state index in [1.54, 1.807) is 0 Å². The second kappa shape index (κ2) is 3.77. The number of nitrogens with zero attached hydrogens (tertiary/aromatic N) is 2. The van der Waals surface area contributed by atoms with Crippen LogP contribution in [-0.2, 0) is 19.5 Å².